The number of carbonyl (C=O) groups is 4. The van der Waals surface area contributed by atoms with E-state index >= 15 is 0 Å². The molecule has 96 heavy (non-hydrogen) atoms. The van der Waals surface area contributed by atoms with Crippen LogP contribution in [0.1, 0.15) is 389 Å². The molecule has 4 unspecified atom stereocenters. The lowest BCUT2D eigenvalue weighted by molar-refractivity contribution is -0.161. The van der Waals surface area contributed by atoms with E-state index in [2.05, 4.69) is 55.4 Å². The van der Waals surface area contributed by atoms with Crippen molar-refractivity contribution >= 4 is 39.5 Å². The normalized spacial score (nSPS) is 14.7. The molecular formula is C77H150O17P2. The zero-order valence-corrected chi connectivity index (χ0v) is 64.8. The first-order chi connectivity index (χ1) is 46.2. The van der Waals surface area contributed by atoms with Gasteiger partial charge in [0.2, 0.25) is 0 Å². The Hall–Kier alpha value is -1.94. The van der Waals surface area contributed by atoms with Gasteiger partial charge in [-0.3, -0.25) is 37.3 Å². The Morgan fingerprint density at radius 3 is 0.740 bits per heavy atom. The molecule has 0 spiro atoms. The zero-order valence-electron chi connectivity index (χ0n) is 63.0. The lowest BCUT2D eigenvalue weighted by Gasteiger charge is -2.21. The first kappa shape index (κ1) is 94.1. The summed E-state index contributed by atoms with van der Waals surface area (Å²) in [6, 6.07) is 0. The van der Waals surface area contributed by atoms with Crippen molar-refractivity contribution in [2.24, 2.45) is 23.7 Å². The Bertz CT molecular complexity index is 1890. The van der Waals surface area contributed by atoms with Crippen LogP contribution in [0.2, 0.25) is 0 Å². The number of phosphoric acid groups is 2. The molecule has 0 heterocycles. The van der Waals surface area contributed by atoms with Crippen LogP contribution in [0.4, 0.5) is 0 Å². The van der Waals surface area contributed by atoms with Crippen LogP contribution in [0, 0.1) is 23.7 Å². The molecule has 0 aliphatic carbocycles. The minimum Gasteiger partial charge on any atom is -0.462 e. The molecule has 0 aromatic heterocycles. The Morgan fingerprint density at radius 1 is 0.292 bits per heavy atom. The van der Waals surface area contributed by atoms with Gasteiger partial charge in [-0.15, -0.1) is 0 Å². The number of carbonyl (C=O) groups excluding carboxylic acids is 4. The first-order valence-corrected chi connectivity index (χ1v) is 42.8. The van der Waals surface area contributed by atoms with Crippen LogP contribution in [-0.4, -0.2) is 96.7 Å². The largest absolute Gasteiger partial charge is 0.472 e. The van der Waals surface area contributed by atoms with Crippen LogP contribution < -0.4 is 0 Å². The number of aliphatic hydroxyl groups is 1. The van der Waals surface area contributed by atoms with Gasteiger partial charge in [0.1, 0.15) is 19.3 Å². The van der Waals surface area contributed by atoms with E-state index in [-0.39, 0.29) is 25.7 Å². The smallest absolute Gasteiger partial charge is 0.462 e. The number of hydrogen-bond acceptors (Lipinski definition) is 15. The van der Waals surface area contributed by atoms with Gasteiger partial charge in [0.15, 0.2) is 12.2 Å². The maximum Gasteiger partial charge on any atom is 0.472 e. The molecule has 0 aliphatic rings. The van der Waals surface area contributed by atoms with Gasteiger partial charge in [-0.1, -0.05) is 338 Å². The van der Waals surface area contributed by atoms with Crippen LogP contribution in [0.15, 0.2) is 0 Å². The van der Waals surface area contributed by atoms with E-state index in [1.54, 1.807) is 0 Å². The highest BCUT2D eigenvalue weighted by atomic mass is 31.2. The molecule has 7 atom stereocenters. The number of hydrogen-bond donors (Lipinski definition) is 3. The highest BCUT2D eigenvalue weighted by molar-refractivity contribution is 7.47. The van der Waals surface area contributed by atoms with E-state index in [4.69, 9.17) is 37.0 Å². The monoisotopic (exact) mass is 1410 g/mol. The summed E-state index contributed by atoms with van der Waals surface area (Å²) in [6.45, 7) is 14.2. The summed E-state index contributed by atoms with van der Waals surface area (Å²) in [6.07, 6.45) is 51.2. The third kappa shape index (κ3) is 67.9. The summed E-state index contributed by atoms with van der Waals surface area (Å²) in [5.41, 5.74) is 0. The number of phosphoric ester groups is 2. The molecule has 17 nitrogen and oxygen atoms in total. The van der Waals surface area contributed by atoms with Crippen molar-refractivity contribution in [1.29, 1.82) is 0 Å². The molecule has 0 rings (SSSR count). The molecule has 0 fully saturated rings. The van der Waals surface area contributed by atoms with Crippen molar-refractivity contribution in [3.05, 3.63) is 0 Å². The third-order valence-corrected chi connectivity index (χ3v) is 20.4. The summed E-state index contributed by atoms with van der Waals surface area (Å²) in [5, 5.41) is 10.6. The molecule has 570 valence electrons. The number of rotatable bonds is 74. The molecule has 0 saturated heterocycles. The van der Waals surface area contributed by atoms with E-state index in [1.165, 1.54) is 186 Å². The quantitative estimate of drug-likeness (QED) is 0.0222. The fourth-order valence-electron chi connectivity index (χ4n) is 11.7. The van der Waals surface area contributed by atoms with Gasteiger partial charge in [0, 0.05) is 25.7 Å². The minimum atomic E-state index is -4.96. The predicted octanol–water partition coefficient (Wildman–Crippen LogP) is 22.4. The Labute approximate surface area is 588 Å². The van der Waals surface area contributed by atoms with Crippen molar-refractivity contribution in [2.45, 2.75) is 408 Å². The van der Waals surface area contributed by atoms with Crippen molar-refractivity contribution in [1.82, 2.24) is 0 Å². The standard InChI is InChI=1S/C77H150O17P2/c1-9-69(7)55-47-39-31-25-21-22-26-32-41-49-57-74(79)87-63-72(93-76(81)59-51-43-33-27-19-14-12-11-13-17-23-29-37-45-53-67(3)4)65-91-95(83,84)89-61-71(78)62-90-96(85,86)92-66-73(64-88-75(80)58-50-42-36-35-40-48-56-70(8)10-2)94-77(82)60-52-44-34-28-20-16-15-18-24-30-38-46-54-68(5)6/h67-73,78H,9-66H2,1-8H3,(H,83,84)(H,85,86)/t69?,70?,71-,72-,73-/m1/s1. The van der Waals surface area contributed by atoms with Crippen molar-refractivity contribution in [2.75, 3.05) is 39.6 Å². The summed E-state index contributed by atoms with van der Waals surface area (Å²) in [4.78, 5) is 72.9. The van der Waals surface area contributed by atoms with Gasteiger partial charge in [-0.05, 0) is 49.4 Å². The summed E-state index contributed by atoms with van der Waals surface area (Å²) in [5.74, 6) is 0.993. The highest BCUT2D eigenvalue weighted by Crippen LogP contribution is 2.45. The van der Waals surface area contributed by atoms with Gasteiger partial charge in [-0.25, -0.2) is 9.13 Å². The number of esters is 4. The Kier molecular flexibility index (Phi) is 65.0. The number of unbranched alkanes of at least 4 members (excludes halogenated alkanes) is 38. The fraction of sp³-hybridized carbons (Fsp3) is 0.948. The topological polar surface area (TPSA) is 237 Å². The molecule has 19 heteroatoms. The first-order valence-electron chi connectivity index (χ1n) is 39.8. The molecule has 0 amide bonds. The molecule has 0 radical (unpaired) electrons. The average Bonchev–Trinajstić information content (AvgIpc) is 1.75. The van der Waals surface area contributed by atoms with E-state index in [1.807, 2.05) is 0 Å². The predicted molar refractivity (Wildman–Crippen MR) is 391 cm³/mol. The molecule has 0 bridgehead atoms. The van der Waals surface area contributed by atoms with Crippen LogP contribution in [-0.2, 0) is 65.4 Å². The maximum atomic E-state index is 13.1. The van der Waals surface area contributed by atoms with Crippen LogP contribution in [0.25, 0.3) is 0 Å². The van der Waals surface area contributed by atoms with Gasteiger partial charge < -0.3 is 33.8 Å². The molecule has 3 N–H and O–H groups in total. The van der Waals surface area contributed by atoms with Crippen LogP contribution in [0.5, 0.6) is 0 Å². The van der Waals surface area contributed by atoms with Gasteiger partial charge in [-0.2, -0.15) is 0 Å². The zero-order chi connectivity index (χ0) is 71.0. The van der Waals surface area contributed by atoms with Crippen molar-refractivity contribution < 1.29 is 80.2 Å². The van der Waals surface area contributed by atoms with Crippen LogP contribution >= 0.6 is 15.6 Å². The summed E-state index contributed by atoms with van der Waals surface area (Å²) in [7, 11) is -9.92. The molecule has 0 aliphatic heterocycles. The minimum absolute atomic E-state index is 0.106. The highest BCUT2D eigenvalue weighted by Gasteiger charge is 2.30. The molecule has 0 saturated carbocycles. The van der Waals surface area contributed by atoms with Crippen LogP contribution in [0.3, 0.4) is 0 Å². The van der Waals surface area contributed by atoms with Crippen molar-refractivity contribution in [3.63, 3.8) is 0 Å². The van der Waals surface area contributed by atoms with E-state index in [0.29, 0.717) is 25.7 Å². The maximum absolute atomic E-state index is 13.1. The van der Waals surface area contributed by atoms with E-state index in [0.717, 1.165) is 120 Å². The second-order valence-corrected chi connectivity index (χ2v) is 32.1. The summed E-state index contributed by atoms with van der Waals surface area (Å²) >= 11 is 0. The second-order valence-electron chi connectivity index (χ2n) is 29.2. The molecule has 0 aromatic carbocycles. The lowest BCUT2D eigenvalue weighted by Crippen LogP contribution is -2.30. The number of ether oxygens (including phenoxy) is 4. The molecule has 0 aromatic rings. The SMILES string of the molecule is CCC(C)CCCCCCCCCCCCC(=O)OC[C@H](COP(=O)(O)OC[C@@H](O)COP(=O)(O)OC[C@@H](COC(=O)CCCCCCCCC(C)CC)OC(=O)CCCCCCCCCCCCCCC(C)C)OC(=O)CCCCCCCCCCCCCCCCC(C)C. The second kappa shape index (κ2) is 66.3. The third-order valence-electron chi connectivity index (χ3n) is 18.5. The van der Waals surface area contributed by atoms with Crippen molar-refractivity contribution in [3.8, 4) is 0 Å². The van der Waals surface area contributed by atoms with Gasteiger partial charge in [0.05, 0.1) is 26.4 Å². The van der Waals surface area contributed by atoms with E-state index < -0.39 is 97.5 Å². The fourth-order valence-corrected chi connectivity index (χ4v) is 13.2. The van der Waals surface area contributed by atoms with Gasteiger partial charge >= 0.3 is 39.5 Å². The summed E-state index contributed by atoms with van der Waals surface area (Å²) < 4.78 is 68.6. The Morgan fingerprint density at radius 2 is 0.500 bits per heavy atom. The average molecular weight is 1410 g/mol. The van der Waals surface area contributed by atoms with Gasteiger partial charge in [0.25, 0.3) is 0 Å². The van der Waals surface area contributed by atoms with E-state index in [9.17, 15) is 43.2 Å². The lowest BCUT2D eigenvalue weighted by atomic mass is 9.99. The molecular weight excluding hydrogens is 1260 g/mol. The number of aliphatic hydroxyl groups excluding tert-OH is 1. The Balaban J connectivity index is 5.26.